The van der Waals surface area contributed by atoms with Crippen LogP contribution in [0.1, 0.15) is 29.2 Å². The number of nitrogens with zero attached hydrogens (tertiary/aromatic N) is 3. The van der Waals surface area contributed by atoms with Crippen molar-refractivity contribution >= 4 is 39.1 Å². The van der Waals surface area contributed by atoms with Crippen LogP contribution in [0.3, 0.4) is 0 Å². The van der Waals surface area contributed by atoms with Crippen LogP contribution in [0, 0.1) is 13.8 Å². The largest absolute Gasteiger partial charge is 0.354 e. The van der Waals surface area contributed by atoms with E-state index in [2.05, 4.69) is 20.4 Å². The average molecular weight is 380 g/mol. The van der Waals surface area contributed by atoms with Crippen molar-refractivity contribution in [1.29, 1.82) is 0 Å². The Balaban J connectivity index is 1.65. The molecule has 3 rings (SSSR count). The number of amides is 1. The van der Waals surface area contributed by atoms with Gasteiger partial charge in [0.15, 0.2) is 0 Å². The maximum atomic E-state index is 12.2. The minimum atomic E-state index is -0.468. The number of hydrogen-bond acceptors (Lipinski definition) is 5. The van der Waals surface area contributed by atoms with Crippen LogP contribution in [0.25, 0.3) is 10.2 Å². The summed E-state index contributed by atoms with van der Waals surface area (Å²) in [5, 5.41) is 7.98. The fraction of sp³-hybridized carbons (Fsp3) is 0.375. The summed E-state index contributed by atoms with van der Waals surface area (Å²) in [6.45, 7) is 6.01. The molecule has 0 radical (unpaired) electrons. The second-order valence-electron chi connectivity index (χ2n) is 5.83. The van der Waals surface area contributed by atoms with Gasteiger partial charge < -0.3 is 10.3 Å². The normalized spacial score (nSPS) is 12.5. The molecule has 3 heterocycles. The summed E-state index contributed by atoms with van der Waals surface area (Å²) in [5.41, 5.74) is 0.841. The Bertz CT molecular complexity index is 990. The number of aromatic amines is 1. The van der Waals surface area contributed by atoms with Crippen LogP contribution in [-0.2, 0) is 11.2 Å². The first-order valence-corrected chi connectivity index (χ1v) is 9.02. The molecule has 3 aromatic heterocycles. The summed E-state index contributed by atoms with van der Waals surface area (Å²) in [6.07, 6.45) is 3.53. The highest BCUT2D eigenvalue weighted by Gasteiger charge is 2.16. The summed E-state index contributed by atoms with van der Waals surface area (Å²) in [5.74, 6) is 0.389. The van der Waals surface area contributed by atoms with Crippen molar-refractivity contribution in [3.05, 3.63) is 44.0 Å². The van der Waals surface area contributed by atoms with E-state index >= 15 is 0 Å². The zero-order valence-electron chi connectivity index (χ0n) is 14.1. The van der Waals surface area contributed by atoms with Crippen molar-refractivity contribution in [3.8, 4) is 0 Å². The van der Waals surface area contributed by atoms with Gasteiger partial charge in [-0.1, -0.05) is 11.6 Å². The topological polar surface area (TPSA) is 92.7 Å². The maximum Gasteiger partial charge on any atom is 0.259 e. The SMILES string of the molecule is Cc1sc2nc(CCNC(=O)[C@H](C)n3cc(Cl)cn3)[nH]c(=O)c2c1C. The van der Waals surface area contributed by atoms with Crippen molar-refractivity contribution in [2.24, 2.45) is 0 Å². The van der Waals surface area contributed by atoms with Gasteiger partial charge >= 0.3 is 0 Å². The highest BCUT2D eigenvalue weighted by molar-refractivity contribution is 7.18. The van der Waals surface area contributed by atoms with Gasteiger partial charge in [0.1, 0.15) is 16.7 Å². The quantitative estimate of drug-likeness (QED) is 0.711. The average Bonchev–Trinajstić information content (AvgIpc) is 3.11. The van der Waals surface area contributed by atoms with Gasteiger partial charge in [-0.3, -0.25) is 14.3 Å². The highest BCUT2D eigenvalue weighted by Crippen LogP contribution is 2.25. The molecule has 1 atom stereocenters. The molecule has 3 aromatic rings. The van der Waals surface area contributed by atoms with E-state index in [-0.39, 0.29) is 11.5 Å². The molecule has 0 aliphatic carbocycles. The predicted octanol–water partition coefficient (Wildman–Crippen LogP) is 2.37. The Morgan fingerprint density at radius 1 is 1.48 bits per heavy atom. The summed E-state index contributed by atoms with van der Waals surface area (Å²) < 4.78 is 1.50. The number of halogens is 1. The molecule has 0 aliphatic heterocycles. The van der Waals surface area contributed by atoms with E-state index < -0.39 is 6.04 Å². The van der Waals surface area contributed by atoms with E-state index in [0.29, 0.717) is 29.2 Å². The minimum absolute atomic E-state index is 0.132. The lowest BCUT2D eigenvalue weighted by atomic mass is 10.2. The highest BCUT2D eigenvalue weighted by atomic mass is 35.5. The molecule has 2 N–H and O–H groups in total. The zero-order chi connectivity index (χ0) is 18.1. The summed E-state index contributed by atoms with van der Waals surface area (Å²) in [4.78, 5) is 33.5. The standard InChI is InChI=1S/C16H18ClN5O2S/c1-8-10(3)25-16-13(8)15(24)20-12(21-16)4-5-18-14(23)9(2)22-7-11(17)6-19-22/h6-7,9H,4-5H2,1-3H3,(H,18,23)(H,20,21,24)/t9-/m0/s1. The first kappa shape index (κ1) is 17.6. The van der Waals surface area contributed by atoms with Crippen LogP contribution < -0.4 is 10.9 Å². The molecule has 0 fully saturated rings. The third kappa shape index (κ3) is 3.59. The fourth-order valence-corrected chi connectivity index (χ4v) is 3.71. The second-order valence-corrected chi connectivity index (χ2v) is 7.47. The third-order valence-electron chi connectivity index (χ3n) is 4.10. The fourth-order valence-electron chi connectivity index (χ4n) is 2.52. The molecule has 132 valence electrons. The molecule has 0 spiro atoms. The molecule has 0 bridgehead atoms. The van der Waals surface area contributed by atoms with Crippen LogP contribution in [0.5, 0.6) is 0 Å². The van der Waals surface area contributed by atoms with Gasteiger partial charge in [0.25, 0.3) is 5.56 Å². The van der Waals surface area contributed by atoms with Gasteiger partial charge in [-0.2, -0.15) is 5.10 Å². The van der Waals surface area contributed by atoms with Gasteiger partial charge in [-0.05, 0) is 26.3 Å². The van der Waals surface area contributed by atoms with Gasteiger partial charge in [0.2, 0.25) is 5.91 Å². The van der Waals surface area contributed by atoms with E-state index in [1.807, 2.05) is 13.8 Å². The van der Waals surface area contributed by atoms with Gasteiger partial charge in [0, 0.05) is 24.0 Å². The smallest absolute Gasteiger partial charge is 0.259 e. The van der Waals surface area contributed by atoms with Crippen molar-refractivity contribution in [1.82, 2.24) is 25.1 Å². The van der Waals surface area contributed by atoms with Crippen LogP contribution in [0.15, 0.2) is 17.2 Å². The number of carbonyl (C=O) groups excluding carboxylic acids is 1. The number of carbonyl (C=O) groups is 1. The lowest BCUT2D eigenvalue weighted by Gasteiger charge is -2.12. The van der Waals surface area contributed by atoms with Crippen LogP contribution in [-0.4, -0.2) is 32.2 Å². The molecule has 7 nitrogen and oxygen atoms in total. The van der Waals surface area contributed by atoms with Crippen molar-refractivity contribution in [3.63, 3.8) is 0 Å². The van der Waals surface area contributed by atoms with Crippen molar-refractivity contribution in [2.75, 3.05) is 6.54 Å². The first-order valence-electron chi connectivity index (χ1n) is 7.83. The Morgan fingerprint density at radius 2 is 2.24 bits per heavy atom. The van der Waals surface area contributed by atoms with Crippen molar-refractivity contribution < 1.29 is 4.79 Å². The van der Waals surface area contributed by atoms with Gasteiger partial charge in [-0.25, -0.2) is 4.98 Å². The number of aromatic nitrogens is 4. The molecule has 0 unspecified atom stereocenters. The molecule has 0 aromatic carbocycles. The lowest BCUT2D eigenvalue weighted by molar-refractivity contribution is -0.124. The Kier molecular flexibility index (Phi) is 4.91. The molecule has 0 aliphatic rings. The number of thiophene rings is 1. The summed E-state index contributed by atoms with van der Waals surface area (Å²) in [7, 11) is 0. The molecular weight excluding hydrogens is 362 g/mol. The summed E-state index contributed by atoms with van der Waals surface area (Å²) in [6, 6.07) is -0.468. The molecule has 1 amide bonds. The number of hydrogen-bond donors (Lipinski definition) is 2. The molecule has 0 saturated carbocycles. The Labute approximate surface area is 153 Å². The van der Waals surface area contributed by atoms with Gasteiger partial charge in [0.05, 0.1) is 16.6 Å². The van der Waals surface area contributed by atoms with Crippen LogP contribution >= 0.6 is 22.9 Å². The number of nitrogens with one attached hydrogen (secondary N) is 2. The number of H-pyrrole nitrogens is 1. The predicted molar refractivity (Wildman–Crippen MR) is 98.4 cm³/mol. The van der Waals surface area contributed by atoms with Crippen LogP contribution in [0.2, 0.25) is 5.02 Å². The monoisotopic (exact) mass is 379 g/mol. The number of rotatable bonds is 5. The summed E-state index contributed by atoms with van der Waals surface area (Å²) >= 11 is 7.32. The zero-order valence-corrected chi connectivity index (χ0v) is 15.7. The minimum Gasteiger partial charge on any atom is -0.354 e. The second kappa shape index (κ2) is 6.97. The van der Waals surface area contributed by atoms with E-state index in [1.54, 1.807) is 13.1 Å². The third-order valence-corrected chi connectivity index (χ3v) is 5.39. The Hall–Kier alpha value is -2.19. The molecule has 25 heavy (non-hydrogen) atoms. The van der Waals surface area contributed by atoms with Gasteiger partial charge in [-0.15, -0.1) is 11.3 Å². The molecule has 9 heteroatoms. The molecule has 0 saturated heterocycles. The molecular formula is C16H18ClN5O2S. The number of fused-ring (bicyclic) bond motifs is 1. The lowest BCUT2D eigenvalue weighted by Crippen LogP contribution is -2.33. The van der Waals surface area contributed by atoms with E-state index in [0.717, 1.165) is 15.3 Å². The Morgan fingerprint density at radius 3 is 2.92 bits per heavy atom. The van der Waals surface area contributed by atoms with Crippen molar-refractivity contribution in [2.45, 2.75) is 33.2 Å². The first-order chi connectivity index (χ1) is 11.9. The van der Waals surface area contributed by atoms with E-state index in [1.165, 1.54) is 22.2 Å². The van der Waals surface area contributed by atoms with E-state index in [4.69, 9.17) is 11.6 Å². The van der Waals surface area contributed by atoms with Crippen LogP contribution in [0.4, 0.5) is 0 Å². The number of aryl methyl sites for hydroxylation is 2. The maximum absolute atomic E-state index is 12.2. The van der Waals surface area contributed by atoms with E-state index in [9.17, 15) is 9.59 Å².